The maximum atomic E-state index is 5.50. The third-order valence-electron chi connectivity index (χ3n) is 3.82. The van der Waals surface area contributed by atoms with E-state index in [1.807, 2.05) is 0 Å². The summed E-state index contributed by atoms with van der Waals surface area (Å²) in [5.41, 5.74) is 5.50. The van der Waals surface area contributed by atoms with Gasteiger partial charge in [0.05, 0.1) is 0 Å². The summed E-state index contributed by atoms with van der Waals surface area (Å²) in [5.74, 6) is 5.80. The van der Waals surface area contributed by atoms with Gasteiger partial charge in [0.2, 0.25) is 0 Å². The minimum absolute atomic E-state index is 0.871. The van der Waals surface area contributed by atoms with Crippen molar-refractivity contribution in [2.75, 3.05) is 12.3 Å². The van der Waals surface area contributed by atoms with Crippen molar-refractivity contribution >= 4 is 11.8 Å². The second kappa shape index (κ2) is 2.17. The van der Waals surface area contributed by atoms with Crippen molar-refractivity contribution in [2.24, 2.45) is 29.4 Å². The van der Waals surface area contributed by atoms with Gasteiger partial charge < -0.3 is 5.73 Å². The van der Waals surface area contributed by atoms with Gasteiger partial charge in [0.25, 0.3) is 0 Å². The van der Waals surface area contributed by atoms with E-state index in [4.69, 9.17) is 5.73 Å². The molecule has 0 aromatic heterocycles. The van der Waals surface area contributed by atoms with Crippen molar-refractivity contribution in [3.63, 3.8) is 0 Å². The average molecular weight is 169 g/mol. The lowest BCUT2D eigenvalue weighted by Crippen LogP contribution is -2.11. The van der Waals surface area contributed by atoms with E-state index in [1.54, 1.807) is 12.8 Å². The van der Waals surface area contributed by atoms with Crippen LogP contribution < -0.4 is 5.73 Å². The molecule has 0 radical (unpaired) electrons. The highest BCUT2D eigenvalue weighted by molar-refractivity contribution is 8.00. The van der Waals surface area contributed by atoms with E-state index in [0.717, 1.165) is 23.6 Å². The number of thioether (sulfide) groups is 1. The minimum atomic E-state index is 0.871. The third kappa shape index (κ3) is 0.775. The normalized spacial score (nSPS) is 57.0. The zero-order chi connectivity index (χ0) is 7.42. The van der Waals surface area contributed by atoms with Gasteiger partial charge in [-0.3, -0.25) is 0 Å². The Hall–Kier alpha value is 0.310. The fourth-order valence-corrected chi connectivity index (χ4v) is 4.98. The van der Waals surface area contributed by atoms with Crippen LogP contribution in [0.3, 0.4) is 0 Å². The molecule has 0 amide bonds. The van der Waals surface area contributed by atoms with Gasteiger partial charge >= 0.3 is 0 Å². The van der Waals surface area contributed by atoms with Crippen molar-refractivity contribution < 1.29 is 0 Å². The van der Waals surface area contributed by atoms with Gasteiger partial charge in [0.1, 0.15) is 0 Å². The molecule has 4 bridgehead atoms. The third-order valence-corrected chi connectivity index (χ3v) is 5.38. The Morgan fingerprint density at radius 1 is 1.27 bits per heavy atom. The quantitative estimate of drug-likeness (QED) is 0.690. The van der Waals surface area contributed by atoms with Crippen LogP contribution in [-0.2, 0) is 0 Å². The maximum Gasteiger partial charge on any atom is 0.0110 e. The number of nitrogens with two attached hydrogens (primary N) is 1. The van der Waals surface area contributed by atoms with Crippen LogP contribution in [0.2, 0.25) is 0 Å². The predicted molar refractivity (Wildman–Crippen MR) is 48.5 cm³/mol. The summed E-state index contributed by atoms with van der Waals surface area (Å²) in [7, 11) is 0. The zero-order valence-corrected chi connectivity index (χ0v) is 7.52. The number of hydrogen-bond donors (Lipinski definition) is 1. The summed E-state index contributed by atoms with van der Waals surface area (Å²) in [6.45, 7) is 0.871. The van der Waals surface area contributed by atoms with E-state index in [1.165, 1.54) is 17.6 Å². The van der Waals surface area contributed by atoms with Crippen molar-refractivity contribution in [1.82, 2.24) is 0 Å². The molecule has 3 atom stereocenters. The summed E-state index contributed by atoms with van der Waals surface area (Å²) in [4.78, 5) is 0. The van der Waals surface area contributed by atoms with E-state index >= 15 is 0 Å². The van der Waals surface area contributed by atoms with Gasteiger partial charge in [-0.15, -0.1) is 0 Å². The molecule has 62 valence electrons. The highest BCUT2D eigenvalue weighted by Crippen LogP contribution is 2.73. The summed E-state index contributed by atoms with van der Waals surface area (Å²) in [6, 6.07) is 0. The Bertz CT molecular complexity index is 168. The first-order valence-corrected chi connectivity index (χ1v) is 5.78. The van der Waals surface area contributed by atoms with Crippen molar-refractivity contribution in [3.05, 3.63) is 0 Å². The second-order valence-corrected chi connectivity index (χ2v) is 5.55. The molecule has 0 aromatic carbocycles. The van der Waals surface area contributed by atoms with Crippen LogP contribution >= 0.6 is 11.8 Å². The van der Waals surface area contributed by atoms with E-state index < -0.39 is 0 Å². The Morgan fingerprint density at radius 3 is 2.45 bits per heavy atom. The molecule has 3 unspecified atom stereocenters. The molecular weight excluding hydrogens is 154 g/mol. The summed E-state index contributed by atoms with van der Waals surface area (Å²) >= 11 is 2.16. The van der Waals surface area contributed by atoms with Gasteiger partial charge in [0, 0.05) is 17.5 Å². The topological polar surface area (TPSA) is 26.0 Å². The van der Waals surface area contributed by atoms with Crippen molar-refractivity contribution in [2.45, 2.75) is 18.1 Å². The molecule has 1 nitrogen and oxygen atoms in total. The molecule has 4 aliphatic carbocycles. The van der Waals surface area contributed by atoms with Crippen molar-refractivity contribution in [3.8, 4) is 0 Å². The molecule has 11 heavy (non-hydrogen) atoms. The van der Waals surface area contributed by atoms with Crippen LogP contribution in [0.4, 0.5) is 0 Å². The lowest BCUT2D eigenvalue weighted by Gasteiger charge is -2.12. The Morgan fingerprint density at radius 2 is 2.00 bits per heavy atom. The smallest absolute Gasteiger partial charge is 0.0110 e. The zero-order valence-electron chi connectivity index (χ0n) is 6.70. The molecule has 4 fully saturated rings. The van der Waals surface area contributed by atoms with Gasteiger partial charge in [-0.1, -0.05) is 0 Å². The molecule has 2 heteroatoms. The average Bonchev–Trinajstić information content (AvgIpc) is 2.47. The van der Waals surface area contributed by atoms with Crippen molar-refractivity contribution in [1.29, 1.82) is 0 Å². The number of hydrogen-bond acceptors (Lipinski definition) is 2. The molecular formula is C9H15NS. The van der Waals surface area contributed by atoms with Crippen LogP contribution in [0.5, 0.6) is 0 Å². The fourth-order valence-electron chi connectivity index (χ4n) is 3.45. The van der Waals surface area contributed by atoms with Gasteiger partial charge in [-0.05, 0) is 36.5 Å². The summed E-state index contributed by atoms with van der Waals surface area (Å²) < 4.78 is 0. The molecule has 0 saturated heterocycles. The Kier molecular flexibility index (Phi) is 1.34. The highest BCUT2D eigenvalue weighted by atomic mass is 32.2. The monoisotopic (exact) mass is 169 g/mol. The molecule has 0 aromatic rings. The Labute approximate surface area is 72.1 Å². The van der Waals surface area contributed by atoms with Gasteiger partial charge in [0.15, 0.2) is 0 Å². The van der Waals surface area contributed by atoms with Crippen LogP contribution in [0.25, 0.3) is 0 Å². The van der Waals surface area contributed by atoms with E-state index in [9.17, 15) is 0 Å². The predicted octanol–water partition coefficient (Wildman–Crippen LogP) is 1.33. The second-order valence-electron chi connectivity index (χ2n) is 4.26. The van der Waals surface area contributed by atoms with Gasteiger partial charge in [-0.2, -0.15) is 11.8 Å². The van der Waals surface area contributed by atoms with Gasteiger partial charge in [-0.25, -0.2) is 0 Å². The highest BCUT2D eigenvalue weighted by Gasteiger charge is 2.68. The van der Waals surface area contributed by atoms with Crippen LogP contribution in [0.1, 0.15) is 12.8 Å². The standard InChI is InChI=1S/C9H15NS/c10-1-2-11-9-5-3-6-7(4-5)8(6)9/h5-9H,1-4,10H2. The Balaban J connectivity index is 1.64. The number of rotatable bonds is 3. The summed E-state index contributed by atoms with van der Waals surface area (Å²) in [6.07, 6.45) is 3.13. The SMILES string of the molecule is NCCSC1C2CC3C(C2)C31. The molecule has 4 saturated carbocycles. The van der Waals surface area contributed by atoms with E-state index in [2.05, 4.69) is 11.8 Å². The van der Waals surface area contributed by atoms with Crippen LogP contribution in [-0.4, -0.2) is 17.5 Å². The van der Waals surface area contributed by atoms with Crippen LogP contribution in [0.15, 0.2) is 0 Å². The first-order valence-electron chi connectivity index (χ1n) is 4.73. The van der Waals surface area contributed by atoms with E-state index in [-0.39, 0.29) is 0 Å². The molecule has 0 aliphatic heterocycles. The first-order chi connectivity index (χ1) is 5.42. The molecule has 0 heterocycles. The first kappa shape index (κ1) is 6.79. The maximum absolute atomic E-state index is 5.50. The fraction of sp³-hybridized carbons (Fsp3) is 1.00. The largest absolute Gasteiger partial charge is 0.330 e. The van der Waals surface area contributed by atoms with E-state index in [0.29, 0.717) is 0 Å². The molecule has 4 aliphatic rings. The minimum Gasteiger partial charge on any atom is -0.330 e. The molecule has 4 rings (SSSR count). The molecule has 2 N–H and O–H groups in total. The van der Waals surface area contributed by atoms with Crippen LogP contribution in [0, 0.1) is 23.7 Å². The lowest BCUT2D eigenvalue weighted by atomic mass is 10.1. The molecule has 0 spiro atoms. The lowest BCUT2D eigenvalue weighted by molar-refractivity contribution is 0.615. The summed E-state index contributed by atoms with van der Waals surface area (Å²) in [5, 5.41) is 1.04.